The third-order valence-corrected chi connectivity index (χ3v) is 2.51. The second kappa shape index (κ2) is 4.41. The molecule has 0 radical (unpaired) electrons. The van der Waals surface area contributed by atoms with Crippen molar-refractivity contribution < 1.29 is 9.90 Å². The maximum Gasteiger partial charge on any atom is 0.239 e. The average molecular weight is 236 g/mol. The van der Waals surface area contributed by atoms with Crippen LogP contribution in [0, 0.1) is 0 Å². The van der Waals surface area contributed by atoms with Crippen molar-refractivity contribution in [3.8, 4) is 5.75 Å². The van der Waals surface area contributed by atoms with E-state index in [1.54, 1.807) is 30.3 Å². The predicted molar refractivity (Wildman–Crippen MR) is 65.0 cm³/mol. The number of alkyl halides is 1. The number of benzene rings is 2. The van der Waals surface area contributed by atoms with Gasteiger partial charge in [0, 0.05) is 11.1 Å². The van der Waals surface area contributed by atoms with Gasteiger partial charge in [0.05, 0.1) is 0 Å². The molecule has 0 bridgehead atoms. The van der Waals surface area contributed by atoms with Gasteiger partial charge in [-0.25, -0.2) is 0 Å². The molecule has 2 N–H and O–H groups in total. The van der Waals surface area contributed by atoms with E-state index in [1.807, 2.05) is 6.07 Å². The van der Waals surface area contributed by atoms with Gasteiger partial charge in [0.2, 0.25) is 5.91 Å². The van der Waals surface area contributed by atoms with Crippen molar-refractivity contribution in [1.82, 2.24) is 0 Å². The highest BCUT2D eigenvalue weighted by Crippen LogP contribution is 2.26. The van der Waals surface area contributed by atoms with Gasteiger partial charge in [0.25, 0.3) is 0 Å². The summed E-state index contributed by atoms with van der Waals surface area (Å²) in [6.45, 7) is 0. The molecule has 0 aliphatic carbocycles. The number of anilines is 1. The third-order valence-electron chi connectivity index (χ3n) is 2.26. The molecule has 0 aliphatic rings. The minimum absolute atomic E-state index is 0.0714. The van der Waals surface area contributed by atoms with Gasteiger partial charge >= 0.3 is 0 Å². The molecule has 16 heavy (non-hydrogen) atoms. The monoisotopic (exact) mass is 235 g/mol. The average Bonchev–Trinajstić information content (AvgIpc) is 2.29. The van der Waals surface area contributed by atoms with E-state index >= 15 is 0 Å². The van der Waals surface area contributed by atoms with Crippen LogP contribution in [0.1, 0.15) is 0 Å². The number of nitrogens with one attached hydrogen (secondary N) is 1. The molecule has 2 rings (SSSR count). The lowest BCUT2D eigenvalue weighted by atomic mass is 10.1. The summed E-state index contributed by atoms with van der Waals surface area (Å²) in [5.41, 5.74) is 0.670. The summed E-state index contributed by atoms with van der Waals surface area (Å²) in [7, 11) is 0. The van der Waals surface area contributed by atoms with Gasteiger partial charge in [0.1, 0.15) is 11.6 Å². The Hall–Kier alpha value is -1.74. The number of carbonyl (C=O) groups excluding carboxylic acids is 1. The SMILES string of the molecule is O=C(CCl)Nc1ccc2c(O)cccc2c1. The van der Waals surface area contributed by atoms with Crippen LogP contribution in [0.5, 0.6) is 5.75 Å². The number of carbonyl (C=O) groups is 1. The van der Waals surface area contributed by atoms with Crippen LogP contribution in [0.3, 0.4) is 0 Å². The molecule has 2 aromatic carbocycles. The van der Waals surface area contributed by atoms with Crippen LogP contribution in [-0.2, 0) is 4.79 Å². The lowest BCUT2D eigenvalue weighted by Gasteiger charge is -2.05. The maximum atomic E-state index is 11.1. The molecule has 3 nitrogen and oxygen atoms in total. The molecule has 4 heteroatoms. The van der Waals surface area contributed by atoms with Gasteiger partial charge in [-0.05, 0) is 29.7 Å². The molecular weight excluding hydrogens is 226 g/mol. The fourth-order valence-electron chi connectivity index (χ4n) is 1.54. The quantitative estimate of drug-likeness (QED) is 0.787. The number of phenolic OH excluding ortho intramolecular Hbond substituents is 1. The largest absolute Gasteiger partial charge is 0.507 e. The Balaban J connectivity index is 2.41. The highest BCUT2D eigenvalue weighted by atomic mass is 35.5. The fraction of sp³-hybridized carbons (Fsp3) is 0.0833. The molecule has 0 unspecified atom stereocenters. The van der Waals surface area contributed by atoms with Crippen molar-refractivity contribution in [1.29, 1.82) is 0 Å². The van der Waals surface area contributed by atoms with E-state index in [0.717, 1.165) is 10.8 Å². The van der Waals surface area contributed by atoms with E-state index in [-0.39, 0.29) is 17.5 Å². The summed E-state index contributed by atoms with van der Waals surface area (Å²) in [4.78, 5) is 11.1. The molecule has 0 saturated carbocycles. The smallest absolute Gasteiger partial charge is 0.239 e. The molecule has 0 saturated heterocycles. The minimum atomic E-state index is -0.249. The van der Waals surface area contributed by atoms with E-state index in [9.17, 15) is 9.90 Å². The number of halogens is 1. The van der Waals surface area contributed by atoms with Crippen LogP contribution in [0.15, 0.2) is 36.4 Å². The normalized spacial score (nSPS) is 10.3. The first kappa shape index (κ1) is 10.8. The molecule has 1 amide bonds. The minimum Gasteiger partial charge on any atom is -0.507 e. The Morgan fingerprint density at radius 3 is 2.88 bits per heavy atom. The molecule has 0 atom stereocenters. The summed E-state index contributed by atoms with van der Waals surface area (Å²) in [6, 6.07) is 10.5. The molecule has 2 aromatic rings. The fourth-order valence-corrected chi connectivity index (χ4v) is 1.61. The zero-order valence-electron chi connectivity index (χ0n) is 8.40. The molecule has 0 aromatic heterocycles. The Bertz CT molecular complexity index is 540. The molecule has 0 heterocycles. The summed E-state index contributed by atoms with van der Waals surface area (Å²) in [6.07, 6.45) is 0. The molecule has 0 fully saturated rings. The topological polar surface area (TPSA) is 49.3 Å². The summed E-state index contributed by atoms with van der Waals surface area (Å²) in [5, 5.41) is 13.9. The van der Waals surface area contributed by atoms with Crippen molar-refractivity contribution in [2.24, 2.45) is 0 Å². The van der Waals surface area contributed by atoms with Crippen molar-refractivity contribution in [3.63, 3.8) is 0 Å². The van der Waals surface area contributed by atoms with Crippen LogP contribution in [0.4, 0.5) is 5.69 Å². The van der Waals surface area contributed by atoms with Gasteiger partial charge in [-0.2, -0.15) is 0 Å². The second-order valence-corrected chi connectivity index (χ2v) is 3.66. The first-order valence-corrected chi connectivity index (χ1v) is 5.32. The van der Waals surface area contributed by atoms with Crippen LogP contribution < -0.4 is 5.32 Å². The Labute approximate surface area is 97.7 Å². The van der Waals surface area contributed by atoms with Crippen molar-refractivity contribution in [2.75, 3.05) is 11.2 Å². The number of hydrogen-bond donors (Lipinski definition) is 2. The number of amides is 1. The van der Waals surface area contributed by atoms with Crippen molar-refractivity contribution in [2.45, 2.75) is 0 Å². The molecule has 0 spiro atoms. The number of hydrogen-bond acceptors (Lipinski definition) is 2. The summed E-state index contributed by atoms with van der Waals surface area (Å²) < 4.78 is 0. The van der Waals surface area contributed by atoms with Gasteiger partial charge < -0.3 is 10.4 Å². The van der Waals surface area contributed by atoms with Gasteiger partial charge in [0.15, 0.2) is 0 Å². The van der Waals surface area contributed by atoms with E-state index in [4.69, 9.17) is 11.6 Å². The highest BCUT2D eigenvalue weighted by Gasteiger charge is 2.03. The third kappa shape index (κ3) is 2.09. The summed E-state index contributed by atoms with van der Waals surface area (Å²) >= 11 is 5.39. The number of phenols is 1. The lowest BCUT2D eigenvalue weighted by Crippen LogP contribution is -2.12. The van der Waals surface area contributed by atoms with Crippen LogP contribution in [-0.4, -0.2) is 16.9 Å². The first-order valence-electron chi connectivity index (χ1n) is 4.78. The van der Waals surface area contributed by atoms with Crippen LogP contribution in [0.25, 0.3) is 10.8 Å². The van der Waals surface area contributed by atoms with Crippen LogP contribution >= 0.6 is 11.6 Å². The Kier molecular flexibility index (Phi) is 2.97. The zero-order valence-corrected chi connectivity index (χ0v) is 9.16. The van der Waals surface area contributed by atoms with E-state index in [1.165, 1.54) is 0 Å². The molecular formula is C12H10ClNO2. The predicted octanol–water partition coefficient (Wildman–Crippen LogP) is 2.72. The highest BCUT2D eigenvalue weighted by molar-refractivity contribution is 6.29. The number of fused-ring (bicyclic) bond motifs is 1. The molecule has 82 valence electrons. The summed E-state index contributed by atoms with van der Waals surface area (Å²) in [5.74, 6) is -0.0909. The van der Waals surface area contributed by atoms with Gasteiger partial charge in [-0.1, -0.05) is 12.1 Å². The zero-order chi connectivity index (χ0) is 11.5. The first-order chi connectivity index (χ1) is 7.70. The number of rotatable bonds is 2. The van der Waals surface area contributed by atoms with E-state index in [0.29, 0.717) is 5.69 Å². The number of aromatic hydroxyl groups is 1. The lowest BCUT2D eigenvalue weighted by molar-refractivity contribution is -0.113. The Morgan fingerprint density at radius 1 is 1.31 bits per heavy atom. The van der Waals surface area contributed by atoms with Crippen molar-refractivity contribution in [3.05, 3.63) is 36.4 Å². The van der Waals surface area contributed by atoms with Crippen LogP contribution in [0.2, 0.25) is 0 Å². The van der Waals surface area contributed by atoms with Crippen molar-refractivity contribution >= 4 is 34.0 Å². The van der Waals surface area contributed by atoms with E-state index in [2.05, 4.69) is 5.32 Å². The molecule has 0 aliphatic heterocycles. The Morgan fingerprint density at radius 2 is 2.12 bits per heavy atom. The van der Waals surface area contributed by atoms with Gasteiger partial charge in [-0.15, -0.1) is 11.6 Å². The van der Waals surface area contributed by atoms with E-state index < -0.39 is 0 Å². The maximum absolute atomic E-state index is 11.1. The second-order valence-electron chi connectivity index (χ2n) is 3.39. The van der Waals surface area contributed by atoms with Gasteiger partial charge in [-0.3, -0.25) is 4.79 Å². The standard InChI is InChI=1S/C12H10ClNO2/c13-7-12(16)14-9-4-5-10-8(6-9)2-1-3-11(10)15/h1-6,15H,7H2,(H,14,16).